The van der Waals surface area contributed by atoms with Crippen LogP contribution in [0.2, 0.25) is 0 Å². The molecule has 0 aliphatic heterocycles. The molecule has 0 fully saturated rings. The molecule has 25 heavy (non-hydrogen) atoms. The highest BCUT2D eigenvalue weighted by atomic mass is 16.1. The van der Waals surface area contributed by atoms with Gasteiger partial charge in [-0.3, -0.25) is 4.79 Å². The molecule has 1 amide bonds. The van der Waals surface area contributed by atoms with E-state index in [0.717, 1.165) is 33.8 Å². The molecular formula is C19H17N5O. The Bertz CT molecular complexity index is 1050. The van der Waals surface area contributed by atoms with Gasteiger partial charge in [0.15, 0.2) is 0 Å². The fourth-order valence-electron chi connectivity index (χ4n) is 2.99. The number of hydrogen-bond acceptors (Lipinski definition) is 3. The van der Waals surface area contributed by atoms with Crippen molar-refractivity contribution in [2.45, 2.75) is 6.54 Å². The predicted octanol–water partition coefficient (Wildman–Crippen LogP) is 3.05. The van der Waals surface area contributed by atoms with E-state index in [1.165, 1.54) is 0 Å². The summed E-state index contributed by atoms with van der Waals surface area (Å²) >= 11 is 0. The summed E-state index contributed by atoms with van der Waals surface area (Å²) in [4.78, 5) is 18.7. The highest BCUT2D eigenvalue weighted by Gasteiger charge is 2.10. The van der Waals surface area contributed by atoms with E-state index < -0.39 is 0 Å². The molecule has 0 radical (unpaired) electrons. The zero-order valence-corrected chi connectivity index (χ0v) is 13.4. The second-order valence-corrected chi connectivity index (χ2v) is 5.67. The van der Waals surface area contributed by atoms with E-state index in [4.69, 9.17) is 5.73 Å². The highest BCUT2D eigenvalue weighted by Crippen LogP contribution is 2.27. The summed E-state index contributed by atoms with van der Waals surface area (Å²) in [5.41, 5.74) is 11.1. The summed E-state index contributed by atoms with van der Waals surface area (Å²) < 4.78 is 2.06. The third-order valence-electron chi connectivity index (χ3n) is 4.17. The first-order valence-corrected chi connectivity index (χ1v) is 7.96. The number of anilines is 1. The predicted molar refractivity (Wildman–Crippen MR) is 98.4 cm³/mol. The first-order valence-electron chi connectivity index (χ1n) is 7.96. The molecule has 6 heteroatoms. The lowest BCUT2D eigenvalue weighted by Crippen LogP contribution is -2.04. The molecule has 2 aromatic heterocycles. The molecule has 0 aliphatic rings. The van der Waals surface area contributed by atoms with Crippen molar-refractivity contribution < 1.29 is 4.79 Å². The van der Waals surface area contributed by atoms with Gasteiger partial charge in [0.25, 0.3) is 0 Å². The summed E-state index contributed by atoms with van der Waals surface area (Å²) in [6.45, 7) is 0.475. The average molecular weight is 331 g/mol. The van der Waals surface area contributed by atoms with Gasteiger partial charge in [0.2, 0.25) is 6.41 Å². The van der Waals surface area contributed by atoms with Crippen LogP contribution in [-0.4, -0.2) is 20.9 Å². The molecule has 0 saturated heterocycles. The van der Waals surface area contributed by atoms with Gasteiger partial charge in [0.05, 0.1) is 11.2 Å². The quantitative estimate of drug-likeness (QED) is 0.491. The number of aromatic amines is 1. The van der Waals surface area contributed by atoms with E-state index in [1.54, 1.807) is 0 Å². The minimum absolute atomic E-state index is 0.475. The van der Waals surface area contributed by atoms with Gasteiger partial charge in [-0.1, -0.05) is 18.2 Å². The highest BCUT2D eigenvalue weighted by molar-refractivity contribution is 5.94. The van der Waals surface area contributed by atoms with Crippen molar-refractivity contribution in [1.82, 2.24) is 14.5 Å². The molecule has 0 atom stereocenters. The molecule has 0 bridgehead atoms. The van der Waals surface area contributed by atoms with Crippen molar-refractivity contribution in [3.8, 4) is 17.1 Å². The number of rotatable bonds is 5. The second kappa shape index (κ2) is 6.26. The molecule has 4 N–H and O–H groups in total. The molecule has 4 rings (SSSR count). The maximum absolute atomic E-state index is 10.8. The average Bonchev–Trinajstić information content (AvgIpc) is 3.29. The normalized spacial score (nSPS) is 10.9. The number of para-hydroxylation sites is 1. The number of carbonyl (C=O) groups is 1. The summed E-state index contributed by atoms with van der Waals surface area (Å²) in [5.74, 6) is 0.749. The van der Waals surface area contributed by atoms with Crippen LogP contribution in [0.15, 0.2) is 60.8 Å². The number of nitrogens with two attached hydrogens (primary N) is 1. The topological polar surface area (TPSA) is 88.7 Å². The van der Waals surface area contributed by atoms with E-state index in [0.29, 0.717) is 18.6 Å². The monoisotopic (exact) mass is 331 g/mol. The number of imidazole rings is 1. The minimum atomic E-state index is 0.475. The lowest BCUT2D eigenvalue weighted by atomic mass is 10.2. The Morgan fingerprint density at radius 3 is 2.88 bits per heavy atom. The lowest BCUT2D eigenvalue weighted by molar-refractivity contribution is -0.105. The van der Waals surface area contributed by atoms with Gasteiger partial charge >= 0.3 is 0 Å². The van der Waals surface area contributed by atoms with Gasteiger partial charge in [0, 0.05) is 29.7 Å². The number of aromatic nitrogens is 3. The zero-order chi connectivity index (χ0) is 17.2. The molecule has 2 aromatic carbocycles. The van der Waals surface area contributed by atoms with Crippen LogP contribution in [0.3, 0.4) is 0 Å². The maximum Gasteiger partial charge on any atom is 0.211 e. The Balaban J connectivity index is 1.80. The number of nitrogens with one attached hydrogen (secondary N) is 2. The number of H-pyrrole nitrogens is 1. The van der Waals surface area contributed by atoms with Gasteiger partial charge in [0.1, 0.15) is 11.3 Å². The van der Waals surface area contributed by atoms with Crippen LogP contribution in [0.25, 0.3) is 28.1 Å². The largest absolute Gasteiger partial charge is 0.338 e. The Morgan fingerprint density at radius 2 is 2.04 bits per heavy atom. The van der Waals surface area contributed by atoms with Gasteiger partial charge in [-0.25, -0.2) is 4.98 Å². The molecule has 0 unspecified atom stereocenters. The Kier molecular flexibility index (Phi) is 3.80. The summed E-state index contributed by atoms with van der Waals surface area (Å²) in [7, 11) is 0. The summed E-state index contributed by atoms with van der Waals surface area (Å²) in [6, 6.07) is 17.7. The molecule has 0 saturated carbocycles. The fourth-order valence-corrected chi connectivity index (χ4v) is 2.99. The van der Waals surface area contributed by atoms with Crippen LogP contribution >= 0.6 is 0 Å². The number of benzene rings is 2. The third-order valence-corrected chi connectivity index (χ3v) is 4.17. The lowest BCUT2D eigenvalue weighted by Gasteiger charge is -2.09. The summed E-state index contributed by atoms with van der Waals surface area (Å²) in [5, 5.41) is 2.68. The van der Waals surface area contributed by atoms with Crippen molar-refractivity contribution in [1.29, 1.82) is 0 Å². The van der Waals surface area contributed by atoms with Gasteiger partial charge in [-0.05, 0) is 36.4 Å². The first kappa shape index (κ1) is 15.2. The maximum atomic E-state index is 10.8. The standard InChI is InChI=1S/C19H17N5O/c20-11-15-6-3-9-24(15)14-5-1-4-13(10-14)19-22-17-8-2-7-16(21-12-25)18(17)23-19/h1-10,12H,11,20H2,(H,21,25)(H,22,23). The fraction of sp³-hybridized carbons (Fsp3) is 0.0526. The molecule has 4 aromatic rings. The Morgan fingerprint density at radius 1 is 1.16 bits per heavy atom. The van der Waals surface area contributed by atoms with Crippen LogP contribution in [0.4, 0.5) is 5.69 Å². The molecular weight excluding hydrogens is 314 g/mol. The van der Waals surface area contributed by atoms with Gasteiger partial charge in [-0.2, -0.15) is 0 Å². The van der Waals surface area contributed by atoms with Crippen molar-refractivity contribution in [3.63, 3.8) is 0 Å². The third kappa shape index (κ3) is 2.68. The number of hydrogen-bond donors (Lipinski definition) is 3. The van der Waals surface area contributed by atoms with Crippen LogP contribution in [0.1, 0.15) is 5.69 Å². The van der Waals surface area contributed by atoms with E-state index in [1.807, 2.05) is 54.7 Å². The molecule has 6 nitrogen and oxygen atoms in total. The van der Waals surface area contributed by atoms with Crippen molar-refractivity contribution >= 4 is 23.1 Å². The van der Waals surface area contributed by atoms with Crippen molar-refractivity contribution in [3.05, 3.63) is 66.5 Å². The molecule has 0 spiro atoms. The molecule has 2 heterocycles. The molecule has 0 aliphatic carbocycles. The zero-order valence-electron chi connectivity index (χ0n) is 13.4. The summed E-state index contributed by atoms with van der Waals surface area (Å²) in [6.07, 6.45) is 2.65. The second-order valence-electron chi connectivity index (χ2n) is 5.67. The number of fused-ring (bicyclic) bond motifs is 1. The number of amides is 1. The van der Waals surface area contributed by atoms with Gasteiger partial charge < -0.3 is 20.6 Å². The smallest absolute Gasteiger partial charge is 0.211 e. The van der Waals surface area contributed by atoms with E-state index in [-0.39, 0.29) is 0 Å². The van der Waals surface area contributed by atoms with E-state index >= 15 is 0 Å². The Labute approximate surface area is 144 Å². The van der Waals surface area contributed by atoms with Gasteiger partial charge in [-0.15, -0.1) is 0 Å². The SMILES string of the molecule is NCc1cccn1-c1cccc(-c2nc3c(NC=O)cccc3[nH]2)c1. The van der Waals surface area contributed by atoms with Crippen molar-refractivity contribution in [2.75, 3.05) is 5.32 Å². The van der Waals surface area contributed by atoms with Crippen molar-refractivity contribution in [2.24, 2.45) is 5.73 Å². The first-order chi connectivity index (χ1) is 12.3. The van der Waals surface area contributed by atoms with Crippen LogP contribution in [0.5, 0.6) is 0 Å². The number of carbonyl (C=O) groups excluding carboxylic acids is 1. The number of nitrogens with zero attached hydrogens (tertiary/aromatic N) is 2. The van der Waals surface area contributed by atoms with E-state index in [2.05, 4.69) is 25.9 Å². The van der Waals surface area contributed by atoms with Crippen LogP contribution in [0, 0.1) is 0 Å². The van der Waals surface area contributed by atoms with Crippen LogP contribution in [-0.2, 0) is 11.3 Å². The van der Waals surface area contributed by atoms with Crippen LogP contribution < -0.4 is 11.1 Å². The molecule has 124 valence electrons. The minimum Gasteiger partial charge on any atom is -0.338 e. The van der Waals surface area contributed by atoms with E-state index in [9.17, 15) is 4.79 Å². The Hall–Kier alpha value is -3.38.